The van der Waals surface area contributed by atoms with Crippen molar-refractivity contribution < 1.29 is 9.47 Å². The molecule has 2 nitrogen and oxygen atoms in total. The van der Waals surface area contributed by atoms with Gasteiger partial charge in [-0.2, -0.15) is 0 Å². The van der Waals surface area contributed by atoms with Gasteiger partial charge in [0.05, 0.1) is 12.2 Å². The predicted molar refractivity (Wildman–Crippen MR) is 64.2 cm³/mol. The molecule has 3 atom stereocenters. The minimum atomic E-state index is 0.273. The fourth-order valence-electron chi connectivity index (χ4n) is 2.56. The summed E-state index contributed by atoms with van der Waals surface area (Å²) in [5.74, 6) is 0.515. The molecule has 3 rings (SSSR count). The molecule has 16 heavy (non-hydrogen) atoms. The van der Waals surface area contributed by atoms with E-state index in [0.717, 1.165) is 6.42 Å². The lowest BCUT2D eigenvalue weighted by Gasteiger charge is -2.32. The number of ether oxygens (including phenoxy) is 2. The monoisotopic (exact) mass is 220 g/mol. The predicted octanol–water partition coefficient (Wildman–Crippen LogP) is 3.32. The molecule has 1 aliphatic heterocycles. The third-order valence-corrected chi connectivity index (χ3v) is 3.39. The van der Waals surface area contributed by atoms with Crippen molar-refractivity contribution in [3.8, 4) is 0 Å². The van der Waals surface area contributed by atoms with Crippen molar-refractivity contribution in [3.63, 3.8) is 0 Å². The van der Waals surface area contributed by atoms with E-state index in [1.165, 1.54) is 11.1 Å². The SMILES string of the molecule is CC.C[C@H]1OCO[C@H]2c3ccccc3C[C@@H]12. The van der Waals surface area contributed by atoms with E-state index in [1.54, 1.807) is 0 Å². The molecule has 0 saturated carbocycles. The minimum Gasteiger partial charge on any atom is -0.352 e. The average molecular weight is 220 g/mol. The summed E-state index contributed by atoms with van der Waals surface area (Å²) in [6, 6.07) is 8.56. The Labute approximate surface area is 97.6 Å². The van der Waals surface area contributed by atoms with Gasteiger partial charge in [-0.05, 0) is 24.5 Å². The van der Waals surface area contributed by atoms with Crippen molar-refractivity contribution in [2.75, 3.05) is 6.79 Å². The van der Waals surface area contributed by atoms with Crippen molar-refractivity contribution in [1.29, 1.82) is 0 Å². The maximum atomic E-state index is 5.68. The van der Waals surface area contributed by atoms with Gasteiger partial charge in [0.2, 0.25) is 0 Å². The Balaban J connectivity index is 0.000000457. The molecule has 1 heterocycles. The summed E-state index contributed by atoms with van der Waals surface area (Å²) in [7, 11) is 0. The molecule has 2 heteroatoms. The van der Waals surface area contributed by atoms with Crippen LogP contribution in [-0.2, 0) is 15.9 Å². The quantitative estimate of drug-likeness (QED) is 0.667. The summed E-state index contributed by atoms with van der Waals surface area (Å²) < 4.78 is 11.2. The van der Waals surface area contributed by atoms with Crippen LogP contribution in [0.4, 0.5) is 0 Å². The van der Waals surface area contributed by atoms with Gasteiger partial charge in [0, 0.05) is 5.92 Å². The molecule has 0 spiro atoms. The Morgan fingerprint density at radius 3 is 2.69 bits per heavy atom. The molecule has 0 unspecified atom stereocenters. The second-order valence-corrected chi connectivity index (χ2v) is 4.14. The molecular formula is C14H20O2. The van der Waals surface area contributed by atoms with Crippen LogP contribution < -0.4 is 0 Å². The fraction of sp³-hybridized carbons (Fsp3) is 0.571. The first-order valence-corrected chi connectivity index (χ1v) is 6.17. The lowest BCUT2D eigenvalue weighted by molar-refractivity contribution is -0.199. The molecule has 1 saturated heterocycles. The molecule has 2 aliphatic rings. The lowest BCUT2D eigenvalue weighted by atomic mass is 9.97. The third kappa shape index (κ3) is 1.87. The van der Waals surface area contributed by atoms with Gasteiger partial charge in [0.15, 0.2) is 0 Å². The molecular weight excluding hydrogens is 200 g/mol. The number of benzene rings is 1. The molecule has 1 fully saturated rings. The van der Waals surface area contributed by atoms with Crippen molar-refractivity contribution in [3.05, 3.63) is 35.4 Å². The van der Waals surface area contributed by atoms with E-state index in [2.05, 4.69) is 31.2 Å². The van der Waals surface area contributed by atoms with Gasteiger partial charge < -0.3 is 9.47 Å². The lowest BCUT2D eigenvalue weighted by Crippen LogP contribution is -2.32. The molecule has 0 radical (unpaired) electrons. The Hall–Kier alpha value is -0.860. The van der Waals surface area contributed by atoms with Gasteiger partial charge in [-0.3, -0.25) is 0 Å². The van der Waals surface area contributed by atoms with Crippen molar-refractivity contribution >= 4 is 0 Å². The zero-order valence-corrected chi connectivity index (χ0v) is 10.3. The van der Waals surface area contributed by atoms with Gasteiger partial charge in [-0.25, -0.2) is 0 Å². The van der Waals surface area contributed by atoms with Crippen LogP contribution in [-0.4, -0.2) is 12.9 Å². The summed E-state index contributed by atoms with van der Waals surface area (Å²) in [4.78, 5) is 0. The van der Waals surface area contributed by atoms with Crippen LogP contribution in [0.25, 0.3) is 0 Å². The Morgan fingerprint density at radius 2 is 1.88 bits per heavy atom. The second-order valence-electron chi connectivity index (χ2n) is 4.14. The number of hydrogen-bond acceptors (Lipinski definition) is 2. The molecule has 0 amide bonds. The van der Waals surface area contributed by atoms with E-state index in [0.29, 0.717) is 18.8 Å². The highest BCUT2D eigenvalue weighted by molar-refractivity contribution is 5.35. The molecule has 88 valence electrons. The molecule has 1 aliphatic carbocycles. The molecule has 1 aromatic rings. The van der Waals surface area contributed by atoms with Crippen LogP contribution in [0.3, 0.4) is 0 Å². The Morgan fingerprint density at radius 1 is 1.12 bits per heavy atom. The standard InChI is InChI=1S/C12H14O2.C2H6/c1-8-11-6-9-4-2-3-5-10(9)12(11)14-7-13-8;1-2/h2-5,8,11-12H,6-7H2,1H3;1-2H3/t8-,11+,12+;/m1./s1. The topological polar surface area (TPSA) is 18.5 Å². The highest BCUT2D eigenvalue weighted by Gasteiger charge is 2.39. The van der Waals surface area contributed by atoms with Crippen molar-refractivity contribution in [1.82, 2.24) is 0 Å². The van der Waals surface area contributed by atoms with E-state index in [4.69, 9.17) is 9.47 Å². The van der Waals surface area contributed by atoms with Gasteiger partial charge in [0.25, 0.3) is 0 Å². The molecule has 0 N–H and O–H groups in total. The van der Waals surface area contributed by atoms with E-state index >= 15 is 0 Å². The first-order valence-electron chi connectivity index (χ1n) is 6.17. The Bertz CT molecular complexity index is 348. The van der Waals surface area contributed by atoms with Crippen molar-refractivity contribution in [2.45, 2.75) is 39.4 Å². The van der Waals surface area contributed by atoms with Gasteiger partial charge in [0.1, 0.15) is 6.79 Å². The first kappa shape index (κ1) is 11.6. The summed E-state index contributed by atoms with van der Waals surface area (Å²) in [6.07, 6.45) is 1.69. The van der Waals surface area contributed by atoms with Crippen molar-refractivity contribution in [2.24, 2.45) is 5.92 Å². The van der Waals surface area contributed by atoms with Crippen LogP contribution in [0.15, 0.2) is 24.3 Å². The smallest absolute Gasteiger partial charge is 0.147 e. The molecule has 1 aromatic carbocycles. The largest absolute Gasteiger partial charge is 0.352 e. The number of fused-ring (bicyclic) bond motifs is 3. The van der Waals surface area contributed by atoms with E-state index < -0.39 is 0 Å². The Kier molecular flexibility index (Phi) is 3.62. The average Bonchev–Trinajstić information content (AvgIpc) is 2.72. The van der Waals surface area contributed by atoms with Crippen LogP contribution in [0, 0.1) is 5.92 Å². The third-order valence-electron chi connectivity index (χ3n) is 3.39. The van der Waals surface area contributed by atoms with E-state index in [-0.39, 0.29) is 6.10 Å². The molecule has 0 bridgehead atoms. The van der Waals surface area contributed by atoms with Crippen LogP contribution >= 0.6 is 0 Å². The van der Waals surface area contributed by atoms with Crippen LogP contribution in [0.1, 0.15) is 38.0 Å². The zero-order valence-electron chi connectivity index (χ0n) is 10.3. The summed E-state index contributed by atoms with van der Waals surface area (Å²) >= 11 is 0. The zero-order chi connectivity index (χ0) is 11.5. The number of rotatable bonds is 0. The summed E-state index contributed by atoms with van der Waals surface area (Å²) in [6.45, 7) is 6.59. The second kappa shape index (κ2) is 4.98. The minimum absolute atomic E-state index is 0.273. The highest BCUT2D eigenvalue weighted by atomic mass is 16.7. The van der Waals surface area contributed by atoms with Crippen LogP contribution in [0.2, 0.25) is 0 Å². The molecule has 0 aromatic heterocycles. The van der Waals surface area contributed by atoms with Crippen LogP contribution in [0.5, 0.6) is 0 Å². The van der Waals surface area contributed by atoms with Gasteiger partial charge in [-0.15, -0.1) is 0 Å². The van der Waals surface area contributed by atoms with E-state index in [1.807, 2.05) is 13.8 Å². The van der Waals surface area contributed by atoms with E-state index in [9.17, 15) is 0 Å². The first-order chi connectivity index (χ1) is 7.86. The fourth-order valence-corrected chi connectivity index (χ4v) is 2.56. The number of hydrogen-bond donors (Lipinski definition) is 0. The highest BCUT2D eigenvalue weighted by Crippen LogP contribution is 2.43. The van der Waals surface area contributed by atoms with Gasteiger partial charge >= 0.3 is 0 Å². The normalized spacial score (nSPS) is 31.1. The summed E-state index contributed by atoms with van der Waals surface area (Å²) in [5.41, 5.74) is 2.80. The maximum absolute atomic E-state index is 5.68. The summed E-state index contributed by atoms with van der Waals surface area (Å²) in [5, 5.41) is 0. The van der Waals surface area contributed by atoms with Gasteiger partial charge in [-0.1, -0.05) is 38.1 Å². The maximum Gasteiger partial charge on any atom is 0.147 e.